The highest BCUT2D eigenvalue weighted by atomic mass is 14.7. The predicted molar refractivity (Wildman–Crippen MR) is 64.2 cm³/mol. The van der Waals surface area contributed by atoms with Crippen LogP contribution in [0.2, 0.25) is 0 Å². The summed E-state index contributed by atoms with van der Waals surface area (Å²) >= 11 is 0. The molecule has 1 aromatic rings. The molecule has 15 heavy (non-hydrogen) atoms. The van der Waals surface area contributed by atoms with Crippen molar-refractivity contribution in [2.75, 3.05) is 0 Å². The molecule has 81 valence electrons. The Morgan fingerprint density at radius 2 is 2.00 bits per heavy atom. The molecule has 1 aromatic carbocycles. The molecule has 0 spiro atoms. The van der Waals surface area contributed by atoms with Crippen molar-refractivity contribution >= 4 is 0 Å². The fraction of sp³-hybridized carbons (Fsp3) is 0.500. The van der Waals surface area contributed by atoms with Crippen LogP contribution in [0.25, 0.3) is 0 Å². The van der Waals surface area contributed by atoms with Gasteiger partial charge in [-0.3, -0.25) is 0 Å². The van der Waals surface area contributed by atoms with E-state index < -0.39 is 0 Å². The van der Waals surface area contributed by atoms with Crippen molar-refractivity contribution in [3.63, 3.8) is 0 Å². The van der Waals surface area contributed by atoms with E-state index in [0.717, 1.165) is 0 Å². The van der Waals surface area contributed by atoms with E-state index in [0.29, 0.717) is 5.92 Å². The topological polar surface area (TPSA) is 26.0 Å². The van der Waals surface area contributed by atoms with E-state index >= 15 is 0 Å². The summed E-state index contributed by atoms with van der Waals surface area (Å²) in [4.78, 5) is 0. The van der Waals surface area contributed by atoms with Gasteiger partial charge < -0.3 is 5.73 Å². The summed E-state index contributed by atoms with van der Waals surface area (Å²) in [7, 11) is 0. The van der Waals surface area contributed by atoms with E-state index in [9.17, 15) is 0 Å². The molecule has 2 rings (SSSR count). The second-order valence-corrected chi connectivity index (χ2v) is 4.80. The third kappa shape index (κ3) is 2.23. The van der Waals surface area contributed by atoms with E-state index in [2.05, 4.69) is 37.6 Å². The maximum Gasteiger partial charge on any atom is 0.0409 e. The minimum atomic E-state index is -0.168. The van der Waals surface area contributed by atoms with Gasteiger partial charge in [0.25, 0.3) is 0 Å². The SMILES string of the molecule is CC(N)(c1ccccc1)C1C[CH]CCC1. The van der Waals surface area contributed by atoms with E-state index in [-0.39, 0.29) is 5.54 Å². The Labute approximate surface area is 92.7 Å². The maximum absolute atomic E-state index is 6.49. The number of hydrogen-bond donors (Lipinski definition) is 1. The zero-order valence-corrected chi connectivity index (χ0v) is 9.45. The van der Waals surface area contributed by atoms with Gasteiger partial charge >= 0.3 is 0 Å². The molecule has 0 aliphatic heterocycles. The van der Waals surface area contributed by atoms with Crippen molar-refractivity contribution in [1.29, 1.82) is 0 Å². The van der Waals surface area contributed by atoms with Crippen LogP contribution < -0.4 is 5.73 Å². The van der Waals surface area contributed by atoms with Crippen LogP contribution in [0.5, 0.6) is 0 Å². The van der Waals surface area contributed by atoms with Gasteiger partial charge in [0.2, 0.25) is 0 Å². The van der Waals surface area contributed by atoms with Crippen LogP contribution >= 0.6 is 0 Å². The van der Waals surface area contributed by atoms with Gasteiger partial charge in [-0.15, -0.1) is 0 Å². The molecule has 2 unspecified atom stereocenters. The van der Waals surface area contributed by atoms with Crippen LogP contribution in [0.4, 0.5) is 0 Å². The van der Waals surface area contributed by atoms with Crippen LogP contribution in [-0.2, 0) is 5.54 Å². The third-order valence-corrected chi connectivity index (χ3v) is 3.66. The lowest BCUT2D eigenvalue weighted by Gasteiger charge is -2.37. The maximum atomic E-state index is 6.49. The van der Waals surface area contributed by atoms with Crippen LogP contribution in [0.1, 0.15) is 38.2 Å². The number of rotatable bonds is 2. The van der Waals surface area contributed by atoms with Crippen LogP contribution in [0.3, 0.4) is 0 Å². The molecule has 0 aromatic heterocycles. The zero-order valence-electron chi connectivity index (χ0n) is 9.45. The molecule has 1 radical (unpaired) electrons. The number of benzene rings is 1. The lowest BCUT2D eigenvalue weighted by Crippen LogP contribution is -2.42. The molecule has 1 saturated carbocycles. The summed E-state index contributed by atoms with van der Waals surface area (Å²) in [5.41, 5.74) is 7.59. The van der Waals surface area contributed by atoms with E-state index in [1.807, 2.05) is 6.07 Å². The molecule has 0 saturated heterocycles. The summed E-state index contributed by atoms with van der Waals surface area (Å²) < 4.78 is 0. The smallest absolute Gasteiger partial charge is 0.0409 e. The van der Waals surface area contributed by atoms with Crippen molar-refractivity contribution in [2.24, 2.45) is 11.7 Å². The second-order valence-electron chi connectivity index (χ2n) is 4.80. The van der Waals surface area contributed by atoms with Crippen molar-refractivity contribution in [3.8, 4) is 0 Å². The van der Waals surface area contributed by atoms with Crippen LogP contribution in [-0.4, -0.2) is 0 Å². The normalized spacial score (nSPS) is 22.3. The molecular formula is C14H20N. The fourth-order valence-corrected chi connectivity index (χ4v) is 2.52. The number of nitrogens with two attached hydrogens (primary N) is 1. The molecule has 1 aliphatic rings. The average Bonchev–Trinajstić information content (AvgIpc) is 2.31. The Bertz CT molecular complexity index is 296. The summed E-state index contributed by atoms with van der Waals surface area (Å²) in [5, 5.41) is 0. The molecular weight excluding hydrogens is 182 g/mol. The van der Waals surface area contributed by atoms with Crippen molar-refractivity contribution in [3.05, 3.63) is 42.3 Å². The van der Waals surface area contributed by atoms with Gasteiger partial charge in [0.05, 0.1) is 0 Å². The fourth-order valence-electron chi connectivity index (χ4n) is 2.52. The first-order chi connectivity index (χ1) is 7.21. The summed E-state index contributed by atoms with van der Waals surface area (Å²) in [6.07, 6.45) is 7.38. The highest BCUT2D eigenvalue weighted by Gasteiger charge is 2.32. The standard InChI is InChI=1S/C14H20N/c1-14(15,12-8-4-2-5-9-12)13-10-6-3-7-11-13/h2,4-6,8-9,13H,3,7,10-11,15H2,1H3. The minimum Gasteiger partial charge on any atom is -0.321 e. The molecule has 1 heteroatoms. The van der Waals surface area contributed by atoms with Crippen molar-refractivity contribution in [2.45, 2.75) is 38.1 Å². The summed E-state index contributed by atoms with van der Waals surface area (Å²) in [6, 6.07) is 10.5. The van der Waals surface area contributed by atoms with Crippen LogP contribution in [0.15, 0.2) is 30.3 Å². The Hall–Kier alpha value is -0.820. The van der Waals surface area contributed by atoms with Gasteiger partial charge in [0.15, 0.2) is 0 Å². The minimum absolute atomic E-state index is 0.168. The molecule has 2 atom stereocenters. The molecule has 1 fully saturated rings. The van der Waals surface area contributed by atoms with Crippen LogP contribution in [0, 0.1) is 12.3 Å². The molecule has 2 N–H and O–H groups in total. The molecule has 0 heterocycles. The monoisotopic (exact) mass is 202 g/mol. The Balaban J connectivity index is 2.18. The lowest BCUT2D eigenvalue weighted by molar-refractivity contribution is 0.252. The third-order valence-electron chi connectivity index (χ3n) is 3.66. The van der Waals surface area contributed by atoms with E-state index in [1.165, 1.54) is 31.2 Å². The summed E-state index contributed by atoms with van der Waals surface area (Å²) in [6.45, 7) is 2.17. The molecule has 0 amide bonds. The first kappa shape index (κ1) is 10.7. The Kier molecular flexibility index (Phi) is 3.11. The van der Waals surface area contributed by atoms with Gasteiger partial charge in [-0.25, -0.2) is 0 Å². The van der Waals surface area contributed by atoms with E-state index in [4.69, 9.17) is 5.73 Å². The average molecular weight is 202 g/mol. The number of hydrogen-bond acceptors (Lipinski definition) is 1. The van der Waals surface area contributed by atoms with Crippen molar-refractivity contribution < 1.29 is 0 Å². The molecule has 0 bridgehead atoms. The predicted octanol–water partition coefficient (Wildman–Crippen LogP) is 3.25. The second kappa shape index (κ2) is 4.36. The first-order valence-electron chi connectivity index (χ1n) is 5.87. The Morgan fingerprint density at radius 3 is 2.60 bits per heavy atom. The largest absolute Gasteiger partial charge is 0.321 e. The zero-order chi connectivity index (χ0) is 10.7. The quantitative estimate of drug-likeness (QED) is 0.782. The Morgan fingerprint density at radius 1 is 1.27 bits per heavy atom. The highest BCUT2D eigenvalue weighted by Crippen LogP contribution is 2.36. The van der Waals surface area contributed by atoms with E-state index in [1.54, 1.807) is 0 Å². The summed E-state index contributed by atoms with van der Waals surface area (Å²) in [5.74, 6) is 0.605. The van der Waals surface area contributed by atoms with Gasteiger partial charge in [-0.2, -0.15) is 0 Å². The van der Waals surface area contributed by atoms with Gasteiger partial charge in [0, 0.05) is 5.54 Å². The van der Waals surface area contributed by atoms with Gasteiger partial charge in [0.1, 0.15) is 0 Å². The lowest BCUT2D eigenvalue weighted by atomic mass is 9.73. The highest BCUT2D eigenvalue weighted by molar-refractivity contribution is 5.24. The molecule has 1 aliphatic carbocycles. The van der Waals surface area contributed by atoms with Gasteiger partial charge in [-0.05, 0) is 37.7 Å². The first-order valence-corrected chi connectivity index (χ1v) is 5.87. The van der Waals surface area contributed by atoms with Gasteiger partial charge in [-0.1, -0.05) is 43.2 Å². The molecule has 1 nitrogen and oxygen atoms in total. The van der Waals surface area contributed by atoms with Crippen molar-refractivity contribution in [1.82, 2.24) is 0 Å².